The number of sulfone groups is 1. The van der Waals surface area contributed by atoms with E-state index in [0.29, 0.717) is 13.0 Å². The standard InChI is InChI=1S/C11H19NO6S/c1-8(13)12-10(11(14)15)7-19(16,17)6-9-4-2-3-5-18-9/h9-10H,2-7H2,1H3,(H,12,13)(H,14,15)/t9?,10-/m0/s1. The molecule has 2 N–H and O–H groups in total. The molecule has 1 unspecified atom stereocenters. The Bertz CT molecular complexity index is 426. The molecule has 0 aromatic carbocycles. The Hall–Kier alpha value is -1.15. The van der Waals surface area contributed by atoms with Crippen LogP contribution in [0.15, 0.2) is 0 Å². The second-order valence-corrected chi connectivity index (χ2v) is 6.81. The van der Waals surface area contributed by atoms with Crippen molar-refractivity contribution in [2.45, 2.75) is 38.3 Å². The molecule has 7 nitrogen and oxygen atoms in total. The molecular formula is C11H19NO6S. The number of aliphatic carboxylic acids is 1. The summed E-state index contributed by atoms with van der Waals surface area (Å²) in [4.78, 5) is 21.7. The molecular weight excluding hydrogens is 274 g/mol. The van der Waals surface area contributed by atoms with Crippen molar-refractivity contribution >= 4 is 21.7 Å². The van der Waals surface area contributed by atoms with Crippen molar-refractivity contribution in [3.63, 3.8) is 0 Å². The summed E-state index contributed by atoms with van der Waals surface area (Å²) in [6, 6.07) is -1.41. The average molecular weight is 293 g/mol. The third kappa shape index (κ3) is 6.02. The number of amides is 1. The normalized spacial score (nSPS) is 21.6. The van der Waals surface area contributed by atoms with Gasteiger partial charge in [0.25, 0.3) is 0 Å². The summed E-state index contributed by atoms with van der Waals surface area (Å²) in [6.45, 7) is 1.68. The summed E-state index contributed by atoms with van der Waals surface area (Å²) in [5.41, 5.74) is 0. The first-order valence-corrected chi connectivity index (χ1v) is 7.94. The molecule has 0 radical (unpaired) electrons. The van der Waals surface area contributed by atoms with Crippen molar-refractivity contribution in [1.82, 2.24) is 5.32 Å². The summed E-state index contributed by atoms with van der Waals surface area (Å²) >= 11 is 0. The Morgan fingerprint density at radius 3 is 2.58 bits per heavy atom. The van der Waals surface area contributed by atoms with E-state index in [-0.39, 0.29) is 11.9 Å². The summed E-state index contributed by atoms with van der Waals surface area (Å²) < 4.78 is 29.1. The Morgan fingerprint density at radius 1 is 1.42 bits per heavy atom. The zero-order valence-corrected chi connectivity index (χ0v) is 11.6. The van der Waals surface area contributed by atoms with Crippen LogP contribution in [0.1, 0.15) is 26.2 Å². The summed E-state index contributed by atoms with van der Waals surface area (Å²) in [5.74, 6) is -2.74. The van der Waals surface area contributed by atoms with E-state index in [0.717, 1.165) is 19.8 Å². The van der Waals surface area contributed by atoms with Crippen LogP contribution < -0.4 is 5.32 Å². The number of carboxylic acids is 1. The third-order valence-corrected chi connectivity index (χ3v) is 4.53. The Balaban J connectivity index is 2.59. The minimum Gasteiger partial charge on any atom is -0.480 e. The smallest absolute Gasteiger partial charge is 0.327 e. The monoisotopic (exact) mass is 293 g/mol. The van der Waals surface area contributed by atoms with E-state index >= 15 is 0 Å². The number of carbonyl (C=O) groups excluding carboxylic acids is 1. The lowest BCUT2D eigenvalue weighted by molar-refractivity contribution is -0.140. The molecule has 1 aliphatic rings. The minimum absolute atomic E-state index is 0.198. The lowest BCUT2D eigenvalue weighted by Crippen LogP contribution is -2.45. The quantitative estimate of drug-likeness (QED) is 0.687. The van der Waals surface area contributed by atoms with Gasteiger partial charge in [0, 0.05) is 13.5 Å². The maximum Gasteiger partial charge on any atom is 0.327 e. The molecule has 1 saturated heterocycles. The molecule has 1 amide bonds. The molecule has 1 heterocycles. The van der Waals surface area contributed by atoms with E-state index in [1.54, 1.807) is 0 Å². The van der Waals surface area contributed by atoms with Crippen LogP contribution in [0.2, 0.25) is 0 Å². The highest BCUT2D eigenvalue weighted by Gasteiger charge is 2.29. The highest BCUT2D eigenvalue weighted by atomic mass is 32.2. The van der Waals surface area contributed by atoms with E-state index in [1.807, 2.05) is 0 Å². The maximum absolute atomic E-state index is 11.9. The highest BCUT2D eigenvalue weighted by Crippen LogP contribution is 2.15. The van der Waals surface area contributed by atoms with E-state index in [2.05, 4.69) is 5.32 Å². The topological polar surface area (TPSA) is 110 Å². The van der Waals surface area contributed by atoms with Gasteiger partial charge < -0.3 is 15.2 Å². The SMILES string of the molecule is CC(=O)N[C@@H](CS(=O)(=O)CC1CCCCO1)C(=O)O. The van der Waals surface area contributed by atoms with Crippen LogP contribution in [0.5, 0.6) is 0 Å². The molecule has 0 saturated carbocycles. The molecule has 2 atom stereocenters. The molecule has 0 bridgehead atoms. The van der Waals surface area contributed by atoms with Crippen LogP contribution in [0, 0.1) is 0 Å². The number of nitrogens with one attached hydrogen (secondary N) is 1. The first-order valence-electron chi connectivity index (χ1n) is 6.12. The van der Waals surface area contributed by atoms with Crippen LogP contribution in [0.3, 0.4) is 0 Å². The predicted molar refractivity (Wildman–Crippen MR) is 67.5 cm³/mol. The molecule has 0 aliphatic carbocycles. The Morgan fingerprint density at radius 2 is 2.11 bits per heavy atom. The van der Waals surface area contributed by atoms with Crippen LogP contribution >= 0.6 is 0 Å². The molecule has 0 aromatic rings. The van der Waals surface area contributed by atoms with Gasteiger partial charge in [-0.1, -0.05) is 0 Å². The van der Waals surface area contributed by atoms with Gasteiger partial charge in [0.1, 0.15) is 6.04 Å². The van der Waals surface area contributed by atoms with Crippen molar-refractivity contribution in [3.05, 3.63) is 0 Å². The van der Waals surface area contributed by atoms with E-state index < -0.39 is 33.5 Å². The Labute approximate surface area is 112 Å². The molecule has 1 fully saturated rings. The van der Waals surface area contributed by atoms with Crippen LogP contribution in [-0.2, 0) is 24.2 Å². The van der Waals surface area contributed by atoms with Crippen molar-refractivity contribution in [1.29, 1.82) is 0 Å². The average Bonchev–Trinajstić information content (AvgIpc) is 2.27. The number of carboxylic acid groups (broad SMARTS) is 1. The minimum atomic E-state index is -3.59. The van der Waals surface area contributed by atoms with Crippen molar-refractivity contribution in [2.75, 3.05) is 18.1 Å². The molecule has 19 heavy (non-hydrogen) atoms. The number of rotatable bonds is 6. The molecule has 1 aliphatic heterocycles. The Kier molecular flexibility index (Phi) is 5.74. The number of carbonyl (C=O) groups is 2. The van der Waals surface area contributed by atoms with Gasteiger partial charge in [0.15, 0.2) is 9.84 Å². The lowest BCUT2D eigenvalue weighted by atomic mass is 10.1. The van der Waals surface area contributed by atoms with Gasteiger partial charge in [-0.15, -0.1) is 0 Å². The fourth-order valence-electron chi connectivity index (χ4n) is 1.96. The van der Waals surface area contributed by atoms with Crippen molar-refractivity contribution < 1.29 is 27.9 Å². The van der Waals surface area contributed by atoms with Crippen molar-refractivity contribution in [3.8, 4) is 0 Å². The largest absolute Gasteiger partial charge is 0.480 e. The van der Waals surface area contributed by atoms with Crippen LogP contribution in [0.4, 0.5) is 0 Å². The lowest BCUT2D eigenvalue weighted by Gasteiger charge is -2.23. The summed E-state index contributed by atoms with van der Waals surface area (Å²) in [7, 11) is -3.59. The molecule has 1 rings (SSSR count). The van der Waals surface area contributed by atoms with Gasteiger partial charge in [-0.05, 0) is 19.3 Å². The van der Waals surface area contributed by atoms with Crippen molar-refractivity contribution in [2.24, 2.45) is 0 Å². The maximum atomic E-state index is 11.9. The molecule has 110 valence electrons. The zero-order valence-electron chi connectivity index (χ0n) is 10.8. The van der Waals surface area contributed by atoms with Crippen LogP contribution in [0.25, 0.3) is 0 Å². The number of hydrogen-bond acceptors (Lipinski definition) is 5. The van der Waals surface area contributed by atoms with Gasteiger partial charge in [-0.25, -0.2) is 13.2 Å². The number of hydrogen-bond donors (Lipinski definition) is 2. The van der Waals surface area contributed by atoms with Gasteiger partial charge in [0.05, 0.1) is 17.6 Å². The first kappa shape index (κ1) is 15.9. The van der Waals surface area contributed by atoms with Gasteiger partial charge in [0.2, 0.25) is 5.91 Å². The summed E-state index contributed by atoms with van der Waals surface area (Å²) in [5, 5.41) is 11.0. The summed E-state index contributed by atoms with van der Waals surface area (Å²) in [6.07, 6.45) is 2.12. The van der Waals surface area contributed by atoms with Crippen LogP contribution in [-0.4, -0.2) is 55.7 Å². The van der Waals surface area contributed by atoms with E-state index in [9.17, 15) is 18.0 Å². The van der Waals surface area contributed by atoms with E-state index in [4.69, 9.17) is 9.84 Å². The second-order valence-electron chi connectivity index (χ2n) is 4.66. The second kappa shape index (κ2) is 6.85. The van der Waals surface area contributed by atoms with E-state index in [1.165, 1.54) is 0 Å². The van der Waals surface area contributed by atoms with Gasteiger partial charge in [-0.2, -0.15) is 0 Å². The molecule has 8 heteroatoms. The number of ether oxygens (including phenoxy) is 1. The van der Waals surface area contributed by atoms with Gasteiger partial charge >= 0.3 is 5.97 Å². The molecule has 0 spiro atoms. The predicted octanol–water partition coefficient (Wildman–Crippen LogP) is -0.440. The zero-order chi connectivity index (χ0) is 14.5. The molecule has 0 aromatic heterocycles. The third-order valence-electron chi connectivity index (χ3n) is 2.81. The highest BCUT2D eigenvalue weighted by molar-refractivity contribution is 7.91. The first-order chi connectivity index (χ1) is 8.80. The van der Waals surface area contributed by atoms with Gasteiger partial charge in [-0.3, -0.25) is 4.79 Å². The fraction of sp³-hybridized carbons (Fsp3) is 0.818. The fourth-order valence-corrected chi connectivity index (χ4v) is 3.66.